The van der Waals surface area contributed by atoms with Gasteiger partial charge in [0.15, 0.2) is 0 Å². The fourth-order valence-electron chi connectivity index (χ4n) is 7.22. The molecule has 46 heavy (non-hydrogen) atoms. The molecular formula is C42H30N4. The first-order valence-corrected chi connectivity index (χ1v) is 15.6. The zero-order chi connectivity index (χ0) is 30.8. The van der Waals surface area contributed by atoms with E-state index in [2.05, 4.69) is 154 Å². The van der Waals surface area contributed by atoms with Crippen molar-refractivity contribution in [3.8, 4) is 33.6 Å². The highest BCUT2D eigenvalue weighted by Gasteiger charge is 2.17. The van der Waals surface area contributed by atoms with E-state index in [1.165, 1.54) is 55.2 Å². The van der Waals surface area contributed by atoms with Crippen molar-refractivity contribution in [1.29, 1.82) is 0 Å². The van der Waals surface area contributed by atoms with E-state index in [1.54, 1.807) is 0 Å². The lowest BCUT2D eigenvalue weighted by atomic mass is 9.91. The van der Waals surface area contributed by atoms with Crippen LogP contribution in [0.4, 0.5) is 0 Å². The molecule has 0 unspecified atom stereocenters. The average Bonchev–Trinajstić information content (AvgIpc) is 3.62. The lowest BCUT2D eigenvalue weighted by molar-refractivity contribution is 1.17. The van der Waals surface area contributed by atoms with E-state index in [0.717, 1.165) is 33.2 Å². The van der Waals surface area contributed by atoms with Crippen LogP contribution in [0.15, 0.2) is 146 Å². The molecule has 0 aliphatic carbocycles. The minimum atomic E-state index is 1.15. The summed E-state index contributed by atoms with van der Waals surface area (Å²) in [5, 5.41) is 4.73. The van der Waals surface area contributed by atoms with Crippen molar-refractivity contribution >= 4 is 43.6 Å². The van der Waals surface area contributed by atoms with Gasteiger partial charge in [0.05, 0.1) is 22.1 Å². The number of rotatable bonds is 4. The Bertz CT molecular complexity index is 2410. The van der Waals surface area contributed by atoms with Gasteiger partial charge in [-0.05, 0) is 108 Å². The Morgan fingerprint density at radius 2 is 0.826 bits per heavy atom. The van der Waals surface area contributed by atoms with E-state index >= 15 is 0 Å². The lowest BCUT2D eigenvalue weighted by Gasteiger charge is -2.14. The van der Waals surface area contributed by atoms with Crippen LogP contribution >= 0.6 is 0 Å². The van der Waals surface area contributed by atoms with Gasteiger partial charge in [0.1, 0.15) is 0 Å². The Morgan fingerprint density at radius 3 is 1.26 bits per heavy atom. The van der Waals surface area contributed by atoms with E-state index in [-0.39, 0.29) is 0 Å². The standard InChI is InChI=1S/C42H30N4/c1-27-21-34(30-14-16-40-36(24-30)38-26-44-20-18-42(38)46(40)32-11-7-4-8-12-32)28(2)22-33(27)29-13-15-39-35(23-29)37-25-43-19-17-41(37)45(39)31-9-5-3-6-10-31/h3-26H,1-2H3. The fraction of sp³-hybridized carbons (Fsp3) is 0.0476. The van der Waals surface area contributed by atoms with Crippen LogP contribution in [0.5, 0.6) is 0 Å². The van der Waals surface area contributed by atoms with Gasteiger partial charge in [-0.2, -0.15) is 0 Å². The average molecular weight is 591 g/mol. The van der Waals surface area contributed by atoms with Gasteiger partial charge in [-0.25, -0.2) is 0 Å². The van der Waals surface area contributed by atoms with E-state index in [1.807, 2.05) is 24.8 Å². The SMILES string of the molecule is Cc1cc(-c2ccc3c(c2)c2cnccc2n3-c2ccccc2)c(C)cc1-c1ccc2c(c1)c1cnccc1n2-c1ccccc1. The molecule has 4 heteroatoms. The maximum Gasteiger partial charge on any atom is 0.0571 e. The van der Waals surface area contributed by atoms with Crippen LogP contribution in [0.1, 0.15) is 11.1 Å². The summed E-state index contributed by atoms with van der Waals surface area (Å²) >= 11 is 0. The van der Waals surface area contributed by atoms with Crippen molar-refractivity contribution in [1.82, 2.24) is 19.1 Å². The van der Waals surface area contributed by atoms with Crippen LogP contribution in [0.3, 0.4) is 0 Å². The van der Waals surface area contributed by atoms with Crippen molar-refractivity contribution in [2.24, 2.45) is 0 Å². The molecule has 0 radical (unpaired) electrons. The second-order valence-electron chi connectivity index (χ2n) is 12.1. The summed E-state index contributed by atoms with van der Waals surface area (Å²) in [5.74, 6) is 0. The van der Waals surface area contributed by atoms with Gasteiger partial charge in [0, 0.05) is 57.7 Å². The Balaban J connectivity index is 1.18. The first-order chi connectivity index (χ1) is 22.7. The zero-order valence-electron chi connectivity index (χ0n) is 25.6. The molecule has 0 amide bonds. The molecule has 0 spiro atoms. The van der Waals surface area contributed by atoms with E-state index in [0.29, 0.717) is 0 Å². The van der Waals surface area contributed by atoms with Crippen molar-refractivity contribution in [3.05, 3.63) is 157 Å². The highest BCUT2D eigenvalue weighted by Crippen LogP contribution is 2.39. The van der Waals surface area contributed by atoms with Crippen molar-refractivity contribution < 1.29 is 0 Å². The fourth-order valence-corrected chi connectivity index (χ4v) is 7.22. The second-order valence-corrected chi connectivity index (χ2v) is 12.1. The largest absolute Gasteiger partial charge is 0.309 e. The van der Waals surface area contributed by atoms with Gasteiger partial charge < -0.3 is 9.13 Å². The topological polar surface area (TPSA) is 35.6 Å². The second kappa shape index (κ2) is 10.3. The van der Waals surface area contributed by atoms with E-state index in [4.69, 9.17) is 0 Å². The highest BCUT2D eigenvalue weighted by atomic mass is 15.0. The molecular weight excluding hydrogens is 560 g/mol. The third-order valence-electron chi connectivity index (χ3n) is 9.36. The summed E-state index contributed by atoms with van der Waals surface area (Å²) in [7, 11) is 0. The van der Waals surface area contributed by atoms with Crippen LogP contribution in [0.25, 0.3) is 77.2 Å². The summed E-state index contributed by atoms with van der Waals surface area (Å²) in [5.41, 5.74) is 14.4. The molecule has 218 valence electrons. The van der Waals surface area contributed by atoms with Gasteiger partial charge in [-0.3, -0.25) is 9.97 Å². The summed E-state index contributed by atoms with van der Waals surface area (Å²) in [4.78, 5) is 8.98. The molecule has 0 fully saturated rings. The number of aromatic nitrogens is 4. The van der Waals surface area contributed by atoms with Crippen LogP contribution < -0.4 is 0 Å². The summed E-state index contributed by atoms with van der Waals surface area (Å²) in [6.07, 6.45) is 7.73. The quantitative estimate of drug-likeness (QED) is 0.204. The third kappa shape index (κ3) is 4.00. The molecule has 9 rings (SSSR count). The van der Waals surface area contributed by atoms with Crippen LogP contribution in [0, 0.1) is 13.8 Å². The predicted molar refractivity (Wildman–Crippen MR) is 191 cm³/mol. The maximum absolute atomic E-state index is 4.49. The molecule has 4 nitrogen and oxygen atoms in total. The van der Waals surface area contributed by atoms with Gasteiger partial charge in [0.2, 0.25) is 0 Å². The first kappa shape index (κ1) is 26.4. The molecule has 0 aliphatic rings. The van der Waals surface area contributed by atoms with Crippen molar-refractivity contribution in [3.63, 3.8) is 0 Å². The Kier molecular flexibility index (Phi) is 5.90. The molecule has 0 saturated heterocycles. The normalized spacial score (nSPS) is 11.7. The Hall–Kier alpha value is -6.00. The number of hydrogen-bond donors (Lipinski definition) is 0. The van der Waals surface area contributed by atoms with Gasteiger partial charge in [0.25, 0.3) is 0 Å². The number of para-hydroxylation sites is 2. The van der Waals surface area contributed by atoms with E-state index < -0.39 is 0 Å². The van der Waals surface area contributed by atoms with E-state index in [9.17, 15) is 0 Å². The maximum atomic E-state index is 4.49. The molecule has 4 aromatic heterocycles. The summed E-state index contributed by atoms with van der Waals surface area (Å²) in [6, 6.07) is 43.7. The monoisotopic (exact) mass is 590 g/mol. The minimum absolute atomic E-state index is 1.15. The first-order valence-electron chi connectivity index (χ1n) is 15.6. The molecule has 0 aliphatic heterocycles. The smallest absolute Gasteiger partial charge is 0.0571 e. The Labute approximate surface area is 266 Å². The van der Waals surface area contributed by atoms with Gasteiger partial charge >= 0.3 is 0 Å². The van der Waals surface area contributed by atoms with Crippen LogP contribution in [-0.2, 0) is 0 Å². The highest BCUT2D eigenvalue weighted by molar-refractivity contribution is 6.11. The number of nitrogens with zero attached hydrogens (tertiary/aromatic N) is 4. The molecule has 0 saturated carbocycles. The molecule has 4 heterocycles. The number of aryl methyl sites for hydroxylation is 2. The van der Waals surface area contributed by atoms with Crippen LogP contribution in [0.2, 0.25) is 0 Å². The predicted octanol–water partition coefficient (Wildman–Crippen LogP) is 10.6. The number of benzene rings is 5. The van der Waals surface area contributed by atoms with Gasteiger partial charge in [-0.15, -0.1) is 0 Å². The molecule has 9 aromatic rings. The molecule has 0 atom stereocenters. The number of pyridine rings is 2. The van der Waals surface area contributed by atoms with Crippen molar-refractivity contribution in [2.45, 2.75) is 13.8 Å². The number of hydrogen-bond acceptors (Lipinski definition) is 2. The summed E-state index contributed by atoms with van der Waals surface area (Å²) < 4.78 is 4.66. The van der Waals surface area contributed by atoms with Gasteiger partial charge in [-0.1, -0.05) is 60.7 Å². The lowest BCUT2D eigenvalue weighted by Crippen LogP contribution is -1.94. The molecule has 0 N–H and O–H groups in total. The van der Waals surface area contributed by atoms with Crippen LogP contribution in [-0.4, -0.2) is 19.1 Å². The number of fused-ring (bicyclic) bond motifs is 6. The summed E-state index contributed by atoms with van der Waals surface area (Å²) in [6.45, 7) is 4.45. The molecule has 0 bridgehead atoms. The molecule has 5 aromatic carbocycles. The third-order valence-corrected chi connectivity index (χ3v) is 9.36. The Morgan fingerprint density at radius 1 is 0.413 bits per heavy atom. The van der Waals surface area contributed by atoms with Crippen molar-refractivity contribution in [2.75, 3.05) is 0 Å². The minimum Gasteiger partial charge on any atom is -0.309 e. The zero-order valence-corrected chi connectivity index (χ0v) is 25.6.